The molecule has 5 heteroatoms. The van der Waals surface area contributed by atoms with Crippen LogP contribution >= 0.6 is 12.2 Å². The number of rotatable bonds is 9. The Balaban J connectivity index is 2.66. The summed E-state index contributed by atoms with van der Waals surface area (Å²) >= 11 is 5.62. The van der Waals surface area contributed by atoms with Crippen molar-refractivity contribution in [3.05, 3.63) is 0 Å². The van der Waals surface area contributed by atoms with Crippen molar-refractivity contribution in [2.75, 3.05) is 0 Å². The van der Waals surface area contributed by atoms with Gasteiger partial charge in [-0.3, -0.25) is 9.59 Å². The molecule has 156 valence electrons. The van der Waals surface area contributed by atoms with Crippen LogP contribution in [0.25, 0.3) is 0 Å². The molecule has 0 aromatic carbocycles. The van der Waals surface area contributed by atoms with Crippen molar-refractivity contribution in [3.8, 4) is 0 Å². The summed E-state index contributed by atoms with van der Waals surface area (Å²) in [5.74, 6) is 0.250. The summed E-state index contributed by atoms with van der Waals surface area (Å²) in [5, 5.41) is 3.11. The van der Waals surface area contributed by atoms with E-state index in [0.29, 0.717) is 5.92 Å². The van der Waals surface area contributed by atoms with Crippen LogP contribution in [0.5, 0.6) is 0 Å². The second-order valence-corrected chi connectivity index (χ2v) is 10.4. The van der Waals surface area contributed by atoms with Crippen molar-refractivity contribution < 1.29 is 9.59 Å². The summed E-state index contributed by atoms with van der Waals surface area (Å²) in [4.78, 5) is 26.2. The number of carbonyl (C=O) groups is 2. The molecule has 0 heterocycles. The van der Waals surface area contributed by atoms with Gasteiger partial charge >= 0.3 is 0 Å². The van der Waals surface area contributed by atoms with Crippen LogP contribution in [0.2, 0.25) is 0 Å². The van der Waals surface area contributed by atoms with Crippen LogP contribution in [0, 0.1) is 23.2 Å². The van der Waals surface area contributed by atoms with E-state index in [0.717, 1.165) is 37.0 Å². The van der Waals surface area contributed by atoms with E-state index >= 15 is 0 Å². The highest BCUT2D eigenvalue weighted by atomic mass is 32.1. The minimum atomic E-state index is -0.430. The fraction of sp³-hybridized carbons (Fsp3) is 0.864. The molecular formula is C22H40N2O2S. The minimum Gasteiger partial charge on any atom is -0.348 e. The van der Waals surface area contributed by atoms with Gasteiger partial charge in [-0.25, -0.2) is 0 Å². The monoisotopic (exact) mass is 396 g/mol. The molecule has 0 saturated heterocycles. The van der Waals surface area contributed by atoms with Gasteiger partial charge in [0.2, 0.25) is 5.91 Å². The third-order valence-corrected chi connectivity index (χ3v) is 5.97. The SMILES string of the molecule is CC(C)CC(=S)[C@@H](NC(=O)[C@H](C)CC(=O)[C@@H](N)C1CCCCC1)C(C)(C)C. The van der Waals surface area contributed by atoms with Crippen LogP contribution in [-0.2, 0) is 9.59 Å². The molecule has 0 unspecified atom stereocenters. The molecule has 1 fully saturated rings. The van der Waals surface area contributed by atoms with Gasteiger partial charge in [0.1, 0.15) is 0 Å². The first kappa shape index (κ1) is 24.2. The highest BCUT2D eigenvalue weighted by molar-refractivity contribution is 7.80. The predicted octanol–water partition coefficient (Wildman–Crippen LogP) is 4.44. The van der Waals surface area contributed by atoms with Gasteiger partial charge in [0, 0.05) is 17.2 Å². The molecule has 0 aromatic rings. The lowest BCUT2D eigenvalue weighted by Gasteiger charge is -2.34. The fourth-order valence-electron chi connectivity index (χ4n) is 3.87. The molecule has 27 heavy (non-hydrogen) atoms. The molecule has 3 atom stereocenters. The first-order valence-electron chi connectivity index (χ1n) is 10.5. The first-order valence-corrected chi connectivity index (χ1v) is 11.0. The highest BCUT2D eigenvalue weighted by Crippen LogP contribution is 2.27. The highest BCUT2D eigenvalue weighted by Gasteiger charge is 2.33. The van der Waals surface area contributed by atoms with E-state index in [1.165, 1.54) is 6.42 Å². The van der Waals surface area contributed by atoms with Gasteiger partial charge in [-0.1, -0.05) is 73.0 Å². The van der Waals surface area contributed by atoms with Crippen molar-refractivity contribution in [3.63, 3.8) is 0 Å². The average molecular weight is 397 g/mol. The Morgan fingerprint density at radius 3 is 2.11 bits per heavy atom. The fourth-order valence-corrected chi connectivity index (χ4v) is 4.62. The number of thiocarbonyl (C=S) groups is 1. The number of hydrogen-bond donors (Lipinski definition) is 2. The number of amides is 1. The van der Waals surface area contributed by atoms with Crippen LogP contribution in [-0.4, -0.2) is 28.6 Å². The molecule has 1 saturated carbocycles. The zero-order valence-electron chi connectivity index (χ0n) is 18.1. The zero-order chi connectivity index (χ0) is 20.8. The second kappa shape index (κ2) is 10.7. The summed E-state index contributed by atoms with van der Waals surface area (Å²) in [5.41, 5.74) is 6.05. The van der Waals surface area contributed by atoms with Gasteiger partial charge in [0.25, 0.3) is 0 Å². The Bertz CT molecular complexity index is 519. The van der Waals surface area contributed by atoms with Crippen molar-refractivity contribution >= 4 is 28.8 Å². The lowest BCUT2D eigenvalue weighted by atomic mass is 9.80. The quantitative estimate of drug-likeness (QED) is 0.565. The topological polar surface area (TPSA) is 72.2 Å². The minimum absolute atomic E-state index is 0.0154. The summed E-state index contributed by atoms with van der Waals surface area (Å²) in [6.45, 7) is 12.3. The maximum atomic E-state index is 12.8. The predicted molar refractivity (Wildman–Crippen MR) is 117 cm³/mol. The van der Waals surface area contributed by atoms with Crippen LogP contribution < -0.4 is 11.1 Å². The maximum absolute atomic E-state index is 12.8. The van der Waals surface area contributed by atoms with Crippen LogP contribution in [0.15, 0.2) is 0 Å². The Hall–Kier alpha value is -0.810. The lowest BCUT2D eigenvalue weighted by molar-refractivity contribution is -0.130. The Morgan fingerprint density at radius 2 is 1.63 bits per heavy atom. The van der Waals surface area contributed by atoms with E-state index in [1.54, 1.807) is 0 Å². The van der Waals surface area contributed by atoms with E-state index < -0.39 is 6.04 Å². The zero-order valence-corrected chi connectivity index (χ0v) is 19.0. The normalized spacial score (nSPS) is 19.4. The molecular weight excluding hydrogens is 356 g/mol. The van der Waals surface area contributed by atoms with Crippen LogP contribution in [0.4, 0.5) is 0 Å². The molecule has 1 rings (SSSR count). The number of ketones is 1. The Kier molecular flexibility index (Phi) is 9.56. The molecule has 4 nitrogen and oxygen atoms in total. The Labute approximate surface area is 171 Å². The summed E-state index contributed by atoms with van der Waals surface area (Å²) in [6, 6.07) is -0.604. The number of nitrogens with one attached hydrogen (secondary N) is 1. The lowest BCUT2D eigenvalue weighted by Crippen LogP contribution is -2.50. The van der Waals surface area contributed by atoms with Crippen molar-refractivity contribution in [2.24, 2.45) is 28.9 Å². The van der Waals surface area contributed by atoms with E-state index in [2.05, 4.69) is 39.9 Å². The largest absolute Gasteiger partial charge is 0.348 e. The van der Waals surface area contributed by atoms with Gasteiger partial charge in [0.05, 0.1) is 12.1 Å². The molecule has 0 bridgehead atoms. The van der Waals surface area contributed by atoms with Crippen molar-refractivity contribution in [2.45, 2.75) is 98.6 Å². The number of Topliss-reactive ketones (excluding diaryl/α,β-unsaturated/α-hetero) is 1. The van der Waals surface area contributed by atoms with E-state index in [9.17, 15) is 9.59 Å². The van der Waals surface area contributed by atoms with Crippen LogP contribution in [0.1, 0.15) is 86.5 Å². The van der Waals surface area contributed by atoms with Gasteiger partial charge in [0.15, 0.2) is 5.78 Å². The third-order valence-electron chi connectivity index (χ3n) is 5.57. The smallest absolute Gasteiger partial charge is 0.223 e. The average Bonchev–Trinajstić information content (AvgIpc) is 2.57. The summed E-state index contributed by atoms with van der Waals surface area (Å²) < 4.78 is 0. The molecule has 0 aliphatic heterocycles. The van der Waals surface area contributed by atoms with Crippen molar-refractivity contribution in [1.29, 1.82) is 0 Å². The van der Waals surface area contributed by atoms with Gasteiger partial charge in [-0.05, 0) is 36.5 Å². The molecule has 0 spiro atoms. The van der Waals surface area contributed by atoms with Gasteiger partial charge in [-0.15, -0.1) is 0 Å². The van der Waals surface area contributed by atoms with E-state index in [1.807, 2.05) is 6.92 Å². The second-order valence-electron chi connectivity index (χ2n) is 9.87. The Morgan fingerprint density at radius 1 is 1.07 bits per heavy atom. The molecule has 1 amide bonds. The third kappa shape index (κ3) is 7.98. The molecule has 3 N–H and O–H groups in total. The van der Waals surface area contributed by atoms with E-state index in [-0.39, 0.29) is 41.4 Å². The molecule has 1 aliphatic carbocycles. The van der Waals surface area contributed by atoms with E-state index in [4.69, 9.17) is 18.0 Å². The maximum Gasteiger partial charge on any atom is 0.223 e. The van der Waals surface area contributed by atoms with Crippen molar-refractivity contribution in [1.82, 2.24) is 5.32 Å². The van der Waals surface area contributed by atoms with Gasteiger partial charge in [-0.2, -0.15) is 0 Å². The molecule has 1 aliphatic rings. The number of carbonyl (C=O) groups excluding carboxylic acids is 2. The first-order chi connectivity index (χ1) is 12.4. The molecule has 0 aromatic heterocycles. The van der Waals surface area contributed by atoms with Crippen LogP contribution in [0.3, 0.4) is 0 Å². The van der Waals surface area contributed by atoms with Gasteiger partial charge < -0.3 is 11.1 Å². The summed E-state index contributed by atoms with van der Waals surface area (Å²) in [7, 11) is 0. The number of hydrogen-bond acceptors (Lipinski definition) is 4. The molecule has 0 radical (unpaired) electrons. The number of nitrogens with two attached hydrogens (primary N) is 1. The summed E-state index contributed by atoms with van der Waals surface area (Å²) in [6.07, 6.45) is 6.62. The standard InChI is InChI=1S/C22H40N2O2S/c1-14(2)12-18(27)20(22(4,5)6)24-21(26)15(3)13-17(25)19(23)16-10-8-7-9-11-16/h14-16,19-20H,7-13,23H2,1-6H3,(H,24,26)/t15-,19+,20-/m1/s1.